The van der Waals surface area contributed by atoms with Crippen molar-refractivity contribution in [2.45, 2.75) is 25.9 Å². The highest BCUT2D eigenvalue weighted by atomic mass is 16.5. The van der Waals surface area contributed by atoms with E-state index in [2.05, 4.69) is 15.4 Å². The molecule has 0 radical (unpaired) electrons. The van der Waals surface area contributed by atoms with Gasteiger partial charge in [0.1, 0.15) is 23.9 Å². The van der Waals surface area contributed by atoms with E-state index in [4.69, 9.17) is 15.3 Å². The second kappa shape index (κ2) is 5.97. The zero-order chi connectivity index (χ0) is 14.7. The van der Waals surface area contributed by atoms with Crippen molar-refractivity contribution in [2.24, 2.45) is 5.84 Å². The number of fused-ring (bicyclic) bond motifs is 1. The van der Waals surface area contributed by atoms with E-state index in [0.717, 1.165) is 42.0 Å². The van der Waals surface area contributed by atoms with E-state index >= 15 is 0 Å². The number of hydrogen-bond donors (Lipinski definition) is 2. The molecular formula is C15H18N4O2. The number of aromatic nitrogens is 2. The Morgan fingerprint density at radius 2 is 1.90 bits per heavy atom. The topological polar surface area (TPSA) is 82.3 Å². The minimum Gasteiger partial charge on any atom is -0.497 e. The summed E-state index contributed by atoms with van der Waals surface area (Å²) in [4.78, 5) is 8.97. The van der Waals surface area contributed by atoms with Crippen LogP contribution in [-0.4, -0.2) is 17.1 Å². The molecule has 0 fully saturated rings. The van der Waals surface area contributed by atoms with Gasteiger partial charge in [-0.15, -0.1) is 0 Å². The van der Waals surface area contributed by atoms with Crippen molar-refractivity contribution in [2.75, 3.05) is 12.5 Å². The van der Waals surface area contributed by atoms with Crippen molar-refractivity contribution in [3.63, 3.8) is 0 Å². The molecule has 1 aromatic carbocycles. The fraction of sp³-hybridized carbons (Fsp3) is 0.333. The third kappa shape index (κ3) is 2.90. The molecule has 0 saturated heterocycles. The molecule has 0 amide bonds. The molecule has 1 aliphatic carbocycles. The van der Waals surface area contributed by atoms with Gasteiger partial charge in [-0.3, -0.25) is 0 Å². The Morgan fingerprint density at radius 1 is 1.14 bits per heavy atom. The van der Waals surface area contributed by atoms with Gasteiger partial charge < -0.3 is 14.9 Å². The molecule has 0 saturated carbocycles. The summed E-state index contributed by atoms with van der Waals surface area (Å²) in [5.41, 5.74) is 4.86. The lowest BCUT2D eigenvalue weighted by atomic mass is 10.2. The molecule has 0 unspecified atom stereocenters. The summed E-state index contributed by atoms with van der Waals surface area (Å²) in [5, 5.41) is 0. The number of nitrogens with two attached hydrogens (primary N) is 1. The lowest BCUT2D eigenvalue weighted by Crippen LogP contribution is -2.14. The molecule has 6 heteroatoms. The molecular weight excluding hydrogens is 268 g/mol. The first kappa shape index (κ1) is 13.6. The first-order valence-electron chi connectivity index (χ1n) is 6.92. The van der Waals surface area contributed by atoms with E-state index in [-0.39, 0.29) is 0 Å². The number of nitrogen functional groups attached to an aromatic ring is 1. The average Bonchev–Trinajstić information content (AvgIpc) is 3.01. The Balaban J connectivity index is 1.72. The number of ether oxygens (including phenoxy) is 2. The number of benzene rings is 1. The summed E-state index contributed by atoms with van der Waals surface area (Å²) in [7, 11) is 1.63. The largest absolute Gasteiger partial charge is 0.497 e. The Bertz CT molecular complexity index is 628. The first-order valence-corrected chi connectivity index (χ1v) is 6.92. The number of aryl methyl sites for hydroxylation is 1. The minimum atomic E-state index is 0.314. The molecule has 3 N–H and O–H groups in total. The highest BCUT2D eigenvalue weighted by molar-refractivity contribution is 5.47. The highest BCUT2D eigenvalue weighted by Gasteiger charge is 2.18. The number of nitrogens with zero attached hydrogens (tertiary/aromatic N) is 2. The van der Waals surface area contributed by atoms with Gasteiger partial charge in [0.15, 0.2) is 5.82 Å². The van der Waals surface area contributed by atoms with Gasteiger partial charge in [0, 0.05) is 11.3 Å². The first-order chi connectivity index (χ1) is 10.3. The Kier molecular flexibility index (Phi) is 3.87. The summed E-state index contributed by atoms with van der Waals surface area (Å²) in [6.45, 7) is 0.314. The number of hydrazine groups is 1. The van der Waals surface area contributed by atoms with Gasteiger partial charge in [0.25, 0.3) is 0 Å². The molecule has 0 aliphatic heterocycles. The summed E-state index contributed by atoms with van der Waals surface area (Å²) < 4.78 is 10.8. The lowest BCUT2D eigenvalue weighted by molar-refractivity contribution is 0.295. The predicted octanol–water partition coefficient (Wildman–Crippen LogP) is 1.84. The van der Waals surface area contributed by atoms with Crippen LogP contribution in [-0.2, 0) is 19.4 Å². The maximum Gasteiger partial charge on any atom is 0.168 e. The monoisotopic (exact) mass is 286 g/mol. The zero-order valence-corrected chi connectivity index (χ0v) is 11.9. The van der Waals surface area contributed by atoms with Crippen LogP contribution in [0.1, 0.15) is 23.5 Å². The van der Waals surface area contributed by atoms with Gasteiger partial charge in [-0.05, 0) is 43.5 Å². The van der Waals surface area contributed by atoms with E-state index in [1.54, 1.807) is 7.11 Å². The third-order valence-electron chi connectivity index (χ3n) is 3.54. The summed E-state index contributed by atoms with van der Waals surface area (Å²) in [6.07, 6.45) is 3.05. The fourth-order valence-electron chi connectivity index (χ4n) is 2.49. The van der Waals surface area contributed by atoms with E-state index in [9.17, 15) is 0 Å². The molecule has 6 nitrogen and oxygen atoms in total. The van der Waals surface area contributed by atoms with Crippen molar-refractivity contribution in [1.82, 2.24) is 9.97 Å². The molecule has 0 bridgehead atoms. The molecule has 110 valence electrons. The molecule has 0 atom stereocenters. The minimum absolute atomic E-state index is 0.314. The van der Waals surface area contributed by atoms with Gasteiger partial charge >= 0.3 is 0 Å². The second-order valence-corrected chi connectivity index (χ2v) is 4.88. The van der Waals surface area contributed by atoms with Crippen LogP contribution in [0.5, 0.6) is 11.5 Å². The van der Waals surface area contributed by atoms with E-state index in [1.807, 2.05) is 24.3 Å². The summed E-state index contributed by atoms with van der Waals surface area (Å²) >= 11 is 0. The van der Waals surface area contributed by atoms with Crippen LogP contribution in [0.4, 0.5) is 5.82 Å². The lowest BCUT2D eigenvalue weighted by Gasteiger charge is -2.10. The normalized spacial score (nSPS) is 12.9. The van der Waals surface area contributed by atoms with Gasteiger partial charge in [0.05, 0.1) is 7.11 Å². The van der Waals surface area contributed by atoms with Gasteiger partial charge in [-0.1, -0.05) is 0 Å². The Hall–Kier alpha value is -2.34. The van der Waals surface area contributed by atoms with Crippen LogP contribution < -0.4 is 20.7 Å². The average molecular weight is 286 g/mol. The van der Waals surface area contributed by atoms with Crippen molar-refractivity contribution in [1.29, 1.82) is 0 Å². The van der Waals surface area contributed by atoms with Crippen LogP contribution in [0.25, 0.3) is 0 Å². The van der Waals surface area contributed by atoms with E-state index < -0.39 is 0 Å². The molecule has 2 aromatic rings. The van der Waals surface area contributed by atoms with Gasteiger partial charge in [-0.2, -0.15) is 0 Å². The second-order valence-electron chi connectivity index (χ2n) is 4.88. The van der Waals surface area contributed by atoms with E-state index in [0.29, 0.717) is 18.2 Å². The molecule has 3 rings (SSSR count). The highest BCUT2D eigenvalue weighted by Crippen LogP contribution is 2.26. The van der Waals surface area contributed by atoms with Crippen LogP contribution in [0, 0.1) is 0 Å². The Morgan fingerprint density at radius 3 is 2.62 bits per heavy atom. The summed E-state index contributed by atoms with van der Waals surface area (Å²) in [6, 6.07) is 7.42. The van der Waals surface area contributed by atoms with Gasteiger partial charge in [0.2, 0.25) is 0 Å². The molecule has 1 heterocycles. The molecule has 1 aliphatic rings. The third-order valence-corrected chi connectivity index (χ3v) is 3.54. The van der Waals surface area contributed by atoms with E-state index in [1.165, 1.54) is 0 Å². The van der Waals surface area contributed by atoms with Crippen molar-refractivity contribution >= 4 is 5.82 Å². The number of rotatable bonds is 5. The maximum atomic E-state index is 5.70. The number of nitrogens with one attached hydrogen (secondary N) is 1. The smallest absolute Gasteiger partial charge is 0.168 e. The van der Waals surface area contributed by atoms with Crippen LogP contribution in [0.3, 0.4) is 0 Å². The maximum absolute atomic E-state index is 5.70. The van der Waals surface area contributed by atoms with Crippen molar-refractivity contribution in [3.05, 3.63) is 41.3 Å². The van der Waals surface area contributed by atoms with Crippen molar-refractivity contribution in [3.8, 4) is 11.5 Å². The SMILES string of the molecule is COc1ccc(OCc2nc3c(c(NN)n2)CCC3)cc1. The number of hydrogen-bond acceptors (Lipinski definition) is 6. The van der Waals surface area contributed by atoms with Crippen LogP contribution in [0.2, 0.25) is 0 Å². The standard InChI is InChI=1S/C15H18N4O2/c1-20-10-5-7-11(8-6-10)21-9-14-17-13-4-2-3-12(13)15(18-14)19-16/h5-8H,2-4,9,16H2,1H3,(H,17,18,19). The molecule has 1 aromatic heterocycles. The zero-order valence-electron chi connectivity index (χ0n) is 11.9. The summed E-state index contributed by atoms with van der Waals surface area (Å²) in [5.74, 6) is 8.44. The fourth-order valence-corrected chi connectivity index (χ4v) is 2.49. The van der Waals surface area contributed by atoms with Crippen molar-refractivity contribution < 1.29 is 9.47 Å². The van der Waals surface area contributed by atoms with Crippen LogP contribution >= 0.6 is 0 Å². The predicted molar refractivity (Wildman–Crippen MR) is 79.2 cm³/mol. The van der Waals surface area contributed by atoms with Gasteiger partial charge in [-0.25, -0.2) is 15.8 Å². The number of anilines is 1. The van der Waals surface area contributed by atoms with Crippen LogP contribution in [0.15, 0.2) is 24.3 Å². The Labute approximate surface area is 123 Å². The quantitative estimate of drug-likeness (QED) is 0.644. The number of methoxy groups -OCH3 is 1. The molecule has 0 spiro atoms. The molecule has 21 heavy (non-hydrogen) atoms.